The van der Waals surface area contributed by atoms with Gasteiger partial charge >= 0.3 is 0 Å². The smallest absolute Gasteiger partial charge is 0.242 e. The largest absolute Gasteiger partial charge is 0.504 e. The van der Waals surface area contributed by atoms with Gasteiger partial charge in [-0.05, 0) is 40.6 Å². The number of hydrogen-bond acceptors (Lipinski definition) is 7. The molecule has 0 spiro atoms. The molecule has 3 rings (SSSR count). The average Bonchev–Trinajstić information content (AvgIpc) is 2.88. The maximum Gasteiger partial charge on any atom is 0.242 e. The van der Waals surface area contributed by atoms with Gasteiger partial charge in [-0.2, -0.15) is 0 Å². The van der Waals surface area contributed by atoms with Gasteiger partial charge in [0.15, 0.2) is 11.5 Å². The summed E-state index contributed by atoms with van der Waals surface area (Å²) in [7, 11) is 1.74. The Morgan fingerprint density at radius 3 is 2.95 bits per heavy atom. The lowest BCUT2D eigenvalue weighted by Gasteiger charge is -2.28. The minimum Gasteiger partial charge on any atom is -0.504 e. The third-order valence-corrected chi connectivity index (χ3v) is 3.99. The summed E-state index contributed by atoms with van der Waals surface area (Å²) in [6.45, 7) is 1.27. The van der Waals surface area contributed by atoms with Crippen molar-refractivity contribution in [2.45, 2.75) is 12.5 Å². The number of nitrogens with one attached hydrogen (secondary N) is 2. The van der Waals surface area contributed by atoms with Gasteiger partial charge in [-0.1, -0.05) is 16.7 Å². The van der Waals surface area contributed by atoms with Crippen molar-refractivity contribution < 1.29 is 10.2 Å². The SMILES string of the molecule is Cl.Cn1nnnc1NCC1NCCc2c1cc(O)c(O)c2Cl. The Hall–Kier alpha value is -1.77. The second-order valence-corrected chi connectivity index (χ2v) is 5.27. The van der Waals surface area contributed by atoms with E-state index in [9.17, 15) is 10.2 Å². The monoisotopic (exact) mass is 346 g/mol. The van der Waals surface area contributed by atoms with E-state index in [0.29, 0.717) is 18.9 Å². The number of nitrogens with zero attached hydrogens (tertiary/aromatic N) is 4. The van der Waals surface area contributed by atoms with Crippen LogP contribution in [0.15, 0.2) is 6.07 Å². The summed E-state index contributed by atoms with van der Waals surface area (Å²) < 4.78 is 1.53. The van der Waals surface area contributed by atoms with Crippen LogP contribution in [-0.4, -0.2) is 43.5 Å². The Kier molecular flexibility index (Phi) is 4.94. The second kappa shape index (κ2) is 6.55. The maximum absolute atomic E-state index is 9.75. The van der Waals surface area contributed by atoms with Gasteiger partial charge in [-0.15, -0.1) is 12.4 Å². The quantitative estimate of drug-likeness (QED) is 0.614. The molecule has 1 unspecified atom stereocenters. The van der Waals surface area contributed by atoms with Gasteiger partial charge < -0.3 is 20.8 Å². The van der Waals surface area contributed by atoms with Crippen LogP contribution in [0.3, 0.4) is 0 Å². The van der Waals surface area contributed by atoms with Crippen LogP contribution in [0.4, 0.5) is 5.95 Å². The van der Waals surface area contributed by atoms with E-state index >= 15 is 0 Å². The van der Waals surface area contributed by atoms with Crippen molar-refractivity contribution in [1.29, 1.82) is 0 Å². The molecule has 22 heavy (non-hydrogen) atoms. The summed E-state index contributed by atoms with van der Waals surface area (Å²) in [5, 5.41) is 37.3. The maximum atomic E-state index is 9.75. The van der Waals surface area contributed by atoms with Gasteiger partial charge in [0, 0.05) is 13.6 Å². The fourth-order valence-corrected chi connectivity index (χ4v) is 2.79. The molecule has 0 bridgehead atoms. The van der Waals surface area contributed by atoms with E-state index in [-0.39, 0.29) is 35.0 Å². The van der Waals surface area contributed by atoms with E-state index < -0.39 is 0 Å². The number of tetrazole rings is 1. The Balaban J connectivity index is 0.00000176. The molecule has 0 aliphatic carbocycles. The molecule has 0 radical (unpaired) electrons. The zero-order chi connectivity index (χ0) is 15.0. The molecular weight excluding hydrogens is 331 g/mol. The summed E-state index contributed by atoms with van der Waals surface area (Å²) >= 11 is 6.11. The fourth-order valence-electron chi connectivity index (χ4n) is 2.49. The highest BCUT2D eigenvalue weighted by Gasteiger charge is 2.25. The van der Waals surface area contributed by atoms with Crippen LogP contribution in [0.1, 0.15) is 17.2 Å². The number of benzene rings is 1. The lowest BCUT2D eigenvalue weighted by atomic mass is 9.93. The lowest BCUT2D eigenvalue weighted by Crippen LogP contribution is -2.34. The van der Waals surface area contributed by atoms with Crippen molar-refractivity contribution >= 4 is 30.0 Å². The zero-order valence-electron chi connectivity index (χ0n) is 11.7. The molecule has 0 fully saturated rings. The first-order chi connectivity index (χ1) is 10.1. The molecule has 0 amide bonds. The summed E-state index contributed by atoms with van der Waals surface area (Å²) in [5.74, 6) is 0.0762. The van der Waals surface area contributed by atoms with Gasteiger partial charge in [0.05, 0.1) is 11.1 Å². The Morgan fingerprint density at radius 1 is 1.50 bits per heavy atom. The number of phenolic OH excluding ortho intramolecular Hbond substituents is 2. The number of rotatable bonds is 3. The van der Waals surface area contributed by atoms with Crippen molar-refractivity contribution in [3.63, 3.8) is 0 Å². The third kappa shape index (κ3) is 2.90. The van der Waals surface area contributed by atoms with Crippen LogP contribution >= 0.6 is 24.0 Å². The average molecular weight is 347 g/mol. The van der Waals surface area contributed by atoms with E-state index in [1.54, 1.807) is 13.1 Å². The number of aryl methyl sites for hydroxylation is 1. The van der Waals surface area contributed by atoms with Crippen molar-refractivity contribution in [3.8, 4) is 11.5 Å². The third-order valence-electron chi connectivity index (χ3n) is 3.58. The first-order valence-electron chi connectivity index (χ1n) is 6.50. The molecule has 0 saturated heterocycles. The van der Waals surface area contributed by atoms with E-state index in [4.69, 9.17) is 11.6 Å². The predicted molar refractivity (Wildman–Crippen MR) is 83.8 cm³/mol. The van der Waals surface area contributed by atoms with Crippen molar-refractivity contribution in [2.24, 2.45) is 7.05 Å². The van der Waals surface area contributed by atoms with Crippen LogP contribution in [0.5, 0.6) is 11.5 Å². The lowest BCUT2D eigenvalue weighted by molar-refractivity contribution is 0.399. The second-order valence-electron chi connectivity index (χ2n) is 4.89. The molecule has 2 heterocycles. The van der Waals surface area contributed by atoms with E-state index in [2.05, 4.69) is 26.2 Å². The highest BCUT2D eigenvalue weighted by atomic mass is 35.5. The first kappa shape index (κ1) is 16.6. The minimum absolute atomic E-state index is 0. The van der Waals surface area contributed by atoms with Crippen molar-refractivity contribution in [2.75, 3.05) is 18.4 Å². The molecule has 8 nitrogen and oxygen atoms in total. The number of halogens is 2. The normalized spacial score (nSPS) is 16.7. The Bertz CT molecular complexity index is 678. The number of aromatic hydroxyl groups is 2. The molecular formula is C12H16Cl2N6O2. The fraction of sp³-hybridized carbons (Fsp3) is 0.417. The molecule has 1 atom stereocenters. The van der Waals surface area contributed by atoms with E-state index in [1.807, 2.05) is 0 Å². The number of aromatic nitrogens is 4. The highest BCUT2D eigenvalue weighted by Crippen LogP contribution is 2.41. The standard InChI is InChI=1S/C12H15ClN6O2.ClH/c1-19-12(16-17-18-19)15-5-8-7-4-9(20)11(21)10(13)6(7)2-3-14-8;/h4,8,14,20-21H,2-3,5H2,1H3,(H,15,16,18);1H. The molecule has 1 aliphatic heterocycles. The molecule has 10 heteroatoms. The van der Waals surface area contributed by atoms with Gasteiger partial charge in [-0.25, -0.2) is 4.68 Å². The number of anilines is 1. The van der Waals surface area contributed by atoms with Crippen LogP contribution in [0.2, 0.25) is 5.02 Å². The summed E-state index contributed by atoms with van der Waals surface area (Å²) in [6, 6.07) is 1.48. The van der Waals surface area contributed by atoms with Crippen molar-refractivity contribution in [1.82, 2.24) is 25.5 Å². The molecule has 2 aromatic rings. The van der Waals surface area contributed by atoms with E-state index in [0.717, 1.165) is 17.7 Å². The molecule has 1 aromatic carbocycles. The van der Waals surface area contributed by atoms with Crippen LogP contribution in [-0.2, 0) is 13.5 Å². The van der Waals surface area contributed by atoms with Crippen LogP contribution in [0, 0.1) is 0 Å². The van der Waals surface area contributed by atoms with E-state index in [1.165, 1.54) is 4.68 Å². The molecule has 120 valence electrons. The van der Waals surface area contributed by atoms with Gasteiger partial charge in [0.1, 0.15) is 0 Å². The topological polar surface area (TPSA) is 108 Å². The summed E-state index contributed by atoms with van der Waals surface area (Å²) in [6.07, 6.45) is 0.698. The zero-order valence-corrected chi connectivity index (χ0v) is 13.3. The van der Waals surface area contributed by atoms with Gasteiger partial charge in [0.2, 0.25) is 5.95 Å². The molecule has 1 aromatic heterocycles. The van der Waals surface area contributed by atoms with Crippen LogP contribution in [0.25, 0.3) is 0 Å². The predicted octanol–water partition coefficient (Wildman–Crippen LogP) is 0.995. The van der Waals surface area contributed by atoms with Gasteiger partial charge in [-0.3, -0.25) is 0 Å². The molecule has 4 N–H and O–H groups in total. The molecule has 1 aliphatic rings. The van der Waals surface area contributed by atoms with Gasteiger partial charge in [0.25, 0.3) is 0 Å². The van der Waals surface area contributed by atoms with Crippen molar-refractivity contribution in [3.05, 3.63) is 22.2 Å². The van der Waals surface area contributed by atoms with Crippen LogP contribution < -0.4 is 10.6 Å². The number of fused-ring (bicyclic) bond motifs is 1. The Labute approximate surface area is 137 Å². The summed E-state index contributed by atoms with van der Waals surface area (Å²) in [5.41, 5.74) is 1.72. The minimum atomic E-state index is -0.262. The number of hydrogen-bond donors (Lipinski definition) is 4. The molecule has 0 saturated carbocycles. The number of phenols is 2. The highest BCUT2D eigenvalue weighted by molar-refractivity contribution is 6.33. The Morgan fingerprint density at radius 2 is 2.27 bits per heavy atom. The first-order valence-corrected chi connectivity index (χ1v) is 6.88. The summed E-state index contributed by atoms with van der Waals surface area (Å²) in [4.78, 5) is 0.